The second kappa shape index (κ2) is 12.8. The number of carboxylic acid groups (broad SMARTS) is 1. The van der Waals surface area contributed by atoms with Crippen LogP contribution in [-0.4, -0.2) is 63.8 Å². The zero-order valence-electron chi connectivity index (χ0n) is 25.7. The number of anilines is 1. The predicted octanol–water partition coefficient (Wildman–Crippen LogP) is 5.54. The standard InChI is InChI=1S/C34H42N4O6/c1-34(2,3)24-10-13-26(14-11-24)37(19-22-6-8-23(9-7-22)30(41)35-17-16-29(39)40)33(44)36-25-12-15-27-28(18-25)32(43)38(31(27)42)20-21-4-5-21/h6-9,12,15,18,21,24,26H,4-5,10-11,13-14,16-17,19-20H2,1-3H3,(H,35,41)(H,36,44)(H,39,40). The molecule has 0 saturated heterocycles. The van der Waals surface area contributed by atoms with E-state index in [0.29, 0.717) is 47.3 Å². The molecule has 1 heterocycles. The van der Waals surface area contributed by atoms with Crippen LogP contribution in [0.25, 0.3) is 0 Å². The molecule has 10 nitrogen and oxygen atoms in total. The van der Waals surface area contributed by atoms with Crippen LogP contribution in [0.2, 0.25) is 0 Å². The molecular weight excluding hydrogens is 560 g/mol. The van der Waals surface area contributed by atoms with Gasteiger partial charge in [-0.3, -0.25) is 24.1 Å². The third kappa shape index (κ3) is 7.29. The lowest BCUT2D eigenvalue weighted by Gasteiger charge is -2.41. The molecule has 234 valence electrons. The average Bonchev–Trinajstić information content (AvgIpc) is 3.78. The van der Waals surface area contributed by atoms with Crippen molar-refractivity contribution < 1.29 is 29.1 Å². The summed E-state index contributed by atoms with van der Waals surface area (Å²) < 4.78 is 0. The van der Waals surface area contributed by atoms with Crippen LogP contribution in [-0.2, 0) is 11.3 Å². The minimum atomic E-state index is -0.980. The molecule has 2 saturated carbocycles. The lowest BCUT2D eigenvalue weighted by molar-refractivity contribution is -0.136. The number of carbonyl (C=O) groups excluding carboxylic acids is 4. The van der Waals surface area contributed by atoms with Crippen LogP contribution in [0.4, 0.5) is 10.5 Å². The molecule has 2 aromatic rings. The van der Waals surface area contributed by atoms with Gasteiger partial charge in [0.2, 0.25) is 0 Å². The Balaban J connectivity index is 1.30. The predicted molar refractivity (Wildman–Crippen MR) is 165 cm³/mol. The highest BCUT2D eigenvalue weighted by Gasteiger charge is 2.39. The highest BCUT2D eigenvalue weighted by atomic mass is 16.4. The first-order valence-electron chi connectivity index (χ1n) is 15.6. The summed E-state index contributed by atoms with van der Waals surface area (Å²) in [5, 5.41) is 14.4. The maximum Gasteiger partial charge on any atom is 0.322 e. The summed E-state index contributed by atoms with van der Waals surface area (Å²) in [4.78, 5) is 66.0. The summed E-state index contributed by atoms with van der Waals surface area (Å²) in [7, 11) is 0. The van der Waals surface area contributed by atoms with Crippen LogP contribution in [0.15, 0.2) is 42.5 Å². The minimum absolute atomic E-state index is 0.0132. The Kier molecular flexibility index (Phi) is 9.08. The lowest BCUT2D eigenvalue weighted by Crippen LogP contribution is -2.45. The van der Waals surface area contributed by atoms with Crippen LogP contribution in [0.3, 0.4) is 0 Å². The van der Waals surface area contributed by atoms with Crippen LogP contribution >= 0.6 is 0 Å². The van der Waals surface area contributed by atoms with E-state index in [0.717, 1.165) is 44.1 Å². The van der Waals surface area contributed by atoms with Crippen molar-refractivity contribution in [2.24, 2.45) is 17.3 Å². The molecule has 0 radical (unpaired) electrons. The Morgan fingerprint density at radius 1 is 0.909 bits per heavy atom. The third-order valence-corrected chi connectivity index (χ3v) is 9.18. The highest BCUT2D eigenvalue weighted by Crippen LogP contribution is 2.39. The van der Waals surface area contributed by atoms with Gasteiger partial charge in [-0.05, 0) is 91.7 Å². The van der Waals surface area contributed by atoms with Gasteiger partial charge >= 0.3 is 12.0 Å². The number of aliphatic carboxylic acids is 1. The molecule has 5 amide bonds. The maximum absolute atomic E-state index is 13.8. The molecule has 3 N–H and O–H groups in total. The number of benzene rings is 2. The highest BCUT2D eigenvalue weighted by molar-refractivity contribution is 6.21. The summed E-state index contributed by atoms with van der Waals surface area (Å²) in [5.41, 5.74) is 2.62. The second-order valence-electron chi connectivity index (χ2n) is 13.5. The number of fused-ring (bicyclic) bond motifs is 1. The number of hydrogen-bond donors (Lipinski definition) is 3. The number of carbonyl (C=O) groups is 5. The summed E-state index contributed by atoms with van der Waals surface area (Å²) in [6, 6.07) is 11.6. The summed E-state index contributed by atoms with van der Waals surface area (Å²) >= 11 is 0. The molecule has 2 fully saturated rings. The third-order valence-electron chi connectivity index (χ3n) is 9.18. The van der Waals surface area contributed by atoms with E-state index in [4.69, 9.17) is 5.11 Å². The number of nitrogens with one attached hydrogen (secondary N) is 2. The molecule has 5 rings (SSSR count). The van der Waals surface area contributed by atoms with Crippen molar-refractivity contribution >= 4 is 35.4 Å². The molecule has 0 unspecified atom stereocenters. The topological polar surface area (TPSA) is 136 Å². The number of urea groups is 1. The Bertz CT molecular complexity index is 1430. The van der Waals surface area contributed by atoms with E-state index in [1.54, 1.807) is 42.5 Å². The molecule has 0 spiro atoms. The van der Waals surface area contributed by atoms with Gasteiger partial charge < -0.3 is 20.6 Å². The molecule has 3 aliphatic rings. The van der Waals surface area contributed by atoms with Crippen LogP contribution in [0.5, 0.6) is 0 Å². The zero-order valence-corrected chi connectivity index (χ0v) is 25.7. The molecule has 0 aromatic heterocycles. The van der Waals surface area contributed by atoms with Gasteiger partial charge in [-0.1, -0.05) is 32.9 Å². The smallest absolute Gasteiger partial charge is 0.322 e. The quantitative estimate of drug-likeness (QED) is 0.306. The van der Waals surface area contributed by atoms with Crippen molar-refractivity contribution in [3.8, 4) is 0 Å². The monoisotopic (exact) mass is 602 g/mol. The van der Waals surface area contributed by atoms with Gasteiger partial charge in [0.15, 0.2) is 0 Å². The fraction of sp³-hybridized carbons (Fsp3) is 0.500. The molecule has 0 bridgehead atoms. The van der Waals surface area contributed by atoms with Crippen molar-refractivity contribution in [3.63, 3.8) is 0 Å². The van der Waals surface area contributed by atoms with Crippen molar-refractivity contribution in [1.29, 1.82) is 0 Å². The van der Waals surface area contributed by atoms with E-state index in [-0.39, 0.29) is 48.2 Å². The summed E-state index contributed by atoms with van der Waals surface area (Å²) in [5.74, 6) is -0.956. The molecule has 1 aliphatic heterocycles. The fourth-order valence-corrected chi connectivity index (χ4v) is 6.25. The van der Waals surface area contributed by atoms with Gasteiger partial charge in [-0.15, -0.1) is 0 Å². The van der Waals surface area contributed by atoms with E-state index in [2.05, 4.69) is 31.4 Å². The van der Waals surface area contributed by atoms with E-state index in [1.165, 1.54) is 4.90 Å². The number of rotatable bonds is 10. The number of hydrogen-bond acceptors (Lipinski definition) is 5. The largest absolute Gasteiger partial charge is 0.481 e. The summed E-state index contributed by atoms with van der Waals surface area (Å²) in [6.45, 7) is 7.59. The van der Waals surface area contributed by atoms with Gasteiger partial charge in [-0.25, -0.2) is 4.79 Å². The van der Waals surface area contributed by atoms with Crippen LogP contribution in [0, 0.1) is 17.3 Å². The normalized spacial score (nSPS) is 19.8. The molecule has 0 atom stereocenters. The van der Waals surface area contributed by atoms with Crippen LogP contribution < -0.4 is 10.6 Å². The lowest BCUT2D eigenvalue weighted by atomic mass is 9.71. The number of imide groups is 1. The Morgan fingerprint density at radius 2 is 1.57 bits per heavy atom. The first kappa shape index (κ1) is 31.2. The first-order chi connectivity index (χ1) is 20.9. The van der Waals surface area contributed by atoms with Crippen molar-refractivity contribution in [2.45, 2.75) is 78.3 Å². The van der Waals surface area contributed by atoms with Crippen molar-refractivity contribution in [3.05, 3.63) is 64.7 Å². The fourth-order valence-electron chi connectivity index (χ4n) is 6.25. The molecule has 44 heavy (non-hydrogen) atoms. The van der Waals surface area contributed by atoms with Gasteiger partial charge in [0.1, 0.15) is 0 Å². The molecule has 2 aliphatic carbocycles. The Hall–Kier alpha value is -4.21. The van der Waals surface area contributed by atoms with E-state index < -0.39 is 5.97 Å². The van der Waals surface area contributed by atoms with E-state index in [1.807, 2.05) is 4.90 Å². The zero-order chi connectivity index (χ0) is 31.6. The number of carboxylic acids is 1. The molecular formula is C34H42N4O6. The SMILES string of the molecule is CC(C)(C)C1CCC(N(Cc2ccc(C(=O)NCCC(=O)O)cc2)C(=O)Nc2ccc3c(c2)C(=O)N(CC2CC2)C3=O)CC1. The van der Waals surface area contributed by atoms with Crippen molar-refractivity contribution in [2.75, 3.05) is 18.4 Å². The minimum Gasteiger partial charge on any atom is -0.481 e. The second-order valence-corrected chi connectivity index (χ2v) is 13.5. The maximum atomic E-state index is 13.8. The Labute approximate surface area is 258 Å². The van der Waals surface area contributed by atoms with E-state index in [9.17, 15) is 24.0 Å². The number of amides is 5. The average molecular weight is 603 g/mol. The van der Waals surface area contributed by atoms with Gasteiger partial charge in [-0.2, -0.15) is 0 Å². The van der Waals surface area contributed by atoms with E-state index >= 15 is 0 Å². The Morgan fingerprint density at radius 3 is 2.18 bits per heavy atom. The van der Waals surface area contributed by atoms with Crippen LogP contribution in [0.1, 0.15) is 102 Å². The van der Waals surface area contributed by atoms with Crippen molar-refractivity contribution in [1.82, 2.24) is 15.1 Å². The van der Waals surface area contributed by atoms with Gasteiger partial charge in [0.05, 0.1) is 17.5 Å². The van der Waals surface area contributed by atoms with Gasteiger partial charge in [0.25, 0.3) is 17.7 Å². The molecule has 2 aromatic carbocycles. The number of nitrogens with zero attached hydrogens (tertiary/aromatic N) is 2. The van der Waals surface area contributed by atoms with Gasteiger partial charge in [0, 0.05) is 36.9 Å². The first-order valence-corrected chi connectivity index (χ1v) is 15.6. The molecule has 10 heteroatoms. The summed E-state index contributed by atoms with van der Waals surface area (Å²) in [6.07, 6.45) is 5.67.